The summed E-state index contributed by atoms with van der Waals surface area (Å²) < 4.78 is 25.9. The summed E-state index contributed by atoms with van der Waals surface area (Å²) >= 11 is 5.81. The van der Waals surface area contributed by atoms with Crippen LogP contribution in [0.1, 0.15) is 5.56 Å². The number of nitrogens with zero attached hydrogens (tertiary/aromatic N) is 4. The quantitative estimate of drug-likeness (QED) is 0.448. The molecule has 0 unspecified atom stereocenters. The average Bonchev–Trinajstić information content (AvgIpc) is 2.70. The van der Waals surface area contributed by atoms with E-state index < -0.39 is 21.1 Å². The molecule has 2 aromatic rings. The van der Waals surface area contributed by atoms with Crippen LogP contribution in [0.4, 0.5) is 0 Å². The molecule has 0 saturated carbocycles. The van der Waals surface area contributed by atoms with Crippen molar-refractivity contribution >= 4 is 21.4 Å². The second-order valence-electron chi connectivity index (χ2n) is 6.66. The summed E-state index contributed by atoms with van der Waals surface area (Å²) in [7, 11) is -3.39. The predicted octanol–water partition coefficient (Wildman–Crippen LogP) is 2.00. The topological polar surface area (TPSA) is 104 Å². The van der Waals surface area contributed by atoms with Gasteiger partial charge in [0.2, 0.25) is 0 Å². The van der Waals surface area contributed by atoms with E-state index in [1.807, 2.05) is 0 Å². The molecule has 1 aromatic heterocycles. The highest BCUT2D eigenvalue weighted by molar-refractivity contribution is 7.90. The van der Waals surface area contributed by atoms with Crippen molar-refractivity contribution in [1.82, 2.24) is 19.1 Å². The lowest BCUT2D eigenvalue weighted by Crippen LogP contribution is -2.36. The van der Waals surface area contributed by atoms with Gasteiger partial charge in [0, 0.05) is 18.6 Å². The van der Waals surface area contributed by atoms with Crippen molar-refractivity contribution in [2.75, 3.05) is 6.26 Å². The van der Waals surface area contributed by atoms with Gasteiger partial charge in [-0.15, -0.1) is 0 Å². The normalized spacial score (nSPS) is 11.7. The third kappa shape index (κ3) is 3.77. The molecule has 0 aliphatic carbocycles. The Bertz CT molecular complexity index is 1430. The summed E-state index contributed by atoms with van der Waals surface area (Å²) in [6.45, 7) is 0.348. The third-order valence-corrected chi connectivity index (χ3v) is 5.88. The van der Waals surface area contributed by atoms with Crippen LogP contribution >= 0.6 is 11.6 Å². The first-order valence-corrected chi connectivity index (χ1v) is 11.0. The number of rotatable bonds is 4. The highest BCUT2D eigenvalue weighted by Crippen LogP contribution is 2.17. The van der Waals surface area contributed by atoms with E-state index in [0.29, 0.717) is 11.7 Å². The molecular weight excluding hydrogens is 428 g/mol. The van der Waals surface area contributed by atoms with Gasteiger partial charge in [-0.1, -0.05) is 17.7 Å². The number of benzene rings is 1. The Morgan fingerprint density at radius 3 is 2.40 bits per heavy atom. The molecule has 0 spiro atoms. The van der Waals surface area contributed by atoms with E-state index in [9.17, 15) is 18.0 Å². The maximum Gasteiger partial charge on any atom is 0.357 e. The number of aromatic nitrogens is 4. The van der Waals surface area contributed by atoms with Gasteiger partial charge in [0.05, 0.1) is 22.7 Å². The molecule has 0 bridgehead atoms. The molecule has 30 heavy (non-hydrogen) atoms. The zero-order valence-corrected chi connectivity index (χ0v) is 17.3. The fourth-order valence-electron chi connectivity index (χ4n) is 3.08. The lowest BCUT2D eigenvalue weighted by Gasteiger charge is -2.15. The molecule has 0 saturated heterocycles. The zero-order valence-electron chi connectivity index (χ0n) is 15.7. The Kier molecular flexibility index (Phi) is 5.00. The van der Waals surface area contributed by atoms with Gasteiger partial charge in [0.1, 0.15) is 5.15 Å². The van der Waals surface area contributed by atoms with Gasteiger partial charge in [0.25, 0.3) is 5.56 Å². The summed E-state index contributed by atoms with van der Waals surface area (Å²) in [6, 6.07) is 12.2. The Labute approximate surface area is 176 Å². The van der Waals surface area contributed by atoms with Gasteiger partial charge in [-0.3, -0.25) is 4.79 Å². The number of fused-ring (bicyclic) bond motifs is 1. The van der Waals surface area contributed by atoms with E-state index in [1.165, 1.54) is 24.3 Å². The summed E-state index contributed by atoms with van der Waals surface area (Å²) in [5.41, 5.74) is 0.0245. The van der Waals surface area contributed by atoms with Gasteiger partial charge in [-0.2, -0.15) is 4.98 Å². The molecule has 8 nitrogen and oxygen atoms in total. The van der Waals surface area contributed by atoms with Crippen molar-refractivity contribution in [2.24, 2.45) is 0 Å². The summed E-state index contributed by atoms with van der Waals surface area (Å²) in [5, 5.41) is 0.367. The van der Waals surface area contributed by atoms with Gasteiger partial charge in [0.15, 0.2) is 15.7 Å². The van der Waals surface area contributed by atoms with E-state index in [4.69, 9.17) is 11.6 Å². The largest absolute Gasteiger partial charge is 0.357 e. The van der Waals surface area contributed by atoms with Crippen LogP contribution in [0.25, 0.3) is 17.1 Å². The molecular formula is C20H15ClN4O4S. The molecule has 4 rings (SSSR count). The first-order valence-electron chi connectivity index (χ1n) is 8.77. The monoisotopic (exact) mass is 442 g/mol. The van der Waals surface area contributed by atoms with Crippen LogP contribution in [-0.4, -0.2) is 33.8 Å². The third-order valence-electron chi connectivity index (χ3n) is 4.53. The van der Waals surface area contributed by atoms with Crippen LogP contribution in [-0.2, 0) is 16.4 Å². The number of pyridine rings is 2. The molecule has 0 radical (unpaired) electrons. The van der Waals surface area contributed by atoms with Crippen molar-refractivity contribution in [3.05, 3.63) is 92.5 Å². The van der Waals surface area contributed by atoms with Crippen molar-refractivity contribution in [3.63, 3.8) is 0 Å². The zero-order chi connectivity index (χ0) is 21.5. The summed E-state index contributed by atoms with van der Waals surface area (Å²) in [6.07, 6.45) is 4.41. The lowest BCUT2D eigenvalue weighted by atomic mass is 10.2. The van der Waals surface area contributed by atoms with E-state index in [0.717, 1.165) is 16.4 Å². The molecule has 0 N–H and O–H groups in total. The number of sulfone groups is 1. The molecule has 152 valence electrons. The van der Waals surface area contributed by atoms with Crippen LogP contribution < -0.4 is 11.2 Å². The highest BCUT2D eigenvalue weighted by Gasteiger charge is 2.18. The van der Waals surface area contributed by atoms with Crippen molar-refractivity contribution < 1.29 is 8.42 Å². The fourth-order valence-corrected chi connectivity index (χ4v) is 3.82. The van der Waals surface area contributed by atoms with Gasteiger partial charge in [-0.05, 0) is 48.0 Å². The Morgan fingerprint density at radius 2 is 1.77 bits per heavy atom. The van der Waals surface area contributed by atoms with E-state index >= 15 is 0 Å². The minimum absolute atomic E-state index is 0.0925. The maximum atomic E-state index is 13.0. The maximum absolute atomic E-state index is 13.0. The van der Waals surface area contributed by atoms with E-state index in [1.54, 1.807) is 41.2 Å². The molecule has 3 heterocycles. The van der Waals surface area contributed by atoms with E-state index in [-0.39, 0.29) is 22.0 Å². The molecule has 10 heteroatoms. The Hall–Kier alpha value is -3.30. The highest BCUT2D eigenvalue weighted by atomic mass is 35.5. The van der Waals surface area contributed by atoms with Gasteiger partial charge in [-0.25, -0.2) is 22.8 Å². The van der Waals surface area contributed by atoms with Gasteiger partial charge < -0.3 is 4.57 Å². The van der Waals surface area contributed by atoms with Crippen molar-refractivity contribution in [1.29, 1.82) is 0 Å². The molecule has 0 atom stereocenters. The van der Waals surface area contributed by atoms with E-state index in [2.05, 4.69) is 9.97 Å². The second kappa shape index (κ2) is 7.51. The smallest absolute Gasteiger partial charge is 0.328 e. The number of halogens is 1. The first kappa shape index (κ1) is 20.0. The van der Waals surface area contributed by atoms with Crippen LogP contribution in [0.2, 0.25) is 5.15 Å². The van der Waals surface area contributed by atoms with Crippen molar-refractivity contribution in [3.8, 4) is 17.1 Å². The molecule has 0 amide bonds. The van der Waals surface area contributed by atoms with Crippen LogP contribution in [0, 0.1) is 0 Å². The average molecular weight is 443 g/mol. The second-order valence-corrected chi connectivity index (χ2v) is 9.07. The van der Waals surface area contributed by atoms with Crippen LogP contribution in [0.15, 0.2) is 75.4 Å². The van der Waals surface area contributed by atoms with Crippen LogP contribution in [0.5, 0.6) is 0 Å². The first-order chi connectivity index (χ1) is 14.2. The number of hydrogen-bond acceptors (Lipinski definition) is 6. The lowest BCUT2D eigenvalue weighted by molar-refractivity contribution is 0.602. The number of hydrogen-bond donors (Lipinski definition) is 0. The molecule has 0 fully saturated rings. The predicted molar refractivity (Wildman–Crippen MR) is 112 cm³/mol. The Morgan fingerprint density at radius 1 is 1.03 bits per heavy atom. The SMILES string of the molecule is CS(=O)(=O)c1ccc(-n2c(=O)nc3n(Cc4ccc(Cl)nc4)cccc-3c2=O)cc1. The minimum atomic E-state index is -3.39. The molecule has 1 aromatic carbocycles. The standard InChI is InChI=1S/C20H15ClN4O4S/c1-30(28,29)15-7-5-14(6-8-15)25-19(26)16-3-2-10-24(18(16)23-20(25)27)12-13-4-9-17(21)22-11-13/h2-11H,12H2,1H3. The fraction of sp³-hybridized carbons (Fsp3) is 0.100. The molecule has 2 aliphatic heterocycles. The Balaban J connectivity index is 1.82. The summed E-state index contributed by atoms with van der Waals surface area (Å²) in [4.78, 5) is 33.9. The summed E-state index contributed by atoms with van der Waals surface area (Å²) in [5.74, 6) is 0.242. The minimum Gasteiger partial charge on any atom is -0.328 e. The molecule has 2 aliphatic rings. The van der Waals surface area contributed by atoms with Gasteiger partial charge >= 0.3 is 5.69 Å². The van der Waals surface area contributed by atoms with Crippen molar-refractivity contribution in [2.45, 2.75) is 11.4 Å². The van der Waals surface area contributed by atoms with Crippen LogP contribution in [0.3, 0.4) is 0 Å².